The van der Waals surface area contributed by atoms with Gasteiger partial charge in [-0.3, -0.25) is 0 Å². The molecule has 0 aliphatic rings. The summed E-state index contributed by atoms with van der Waals surface area (Å²) < 4.78 is 80.6. The number of carbonyl (C=O) groups excluding carboxylic acids is 1. The molecule has 0 fully saturated rings. The Bertz CT molecular complexity index is 521. The summed E-state index contributed by atoms with van der Waals surface area (Å²) in [7, 11) is 1.13. The van der Waals surface area contributed by atoms with Crippen molar-refractivity contribution >= 4 is 6.03 Å². The van der Waals surface area contributed by atoms with Crippen LogP contribution in [0.15, 0.2) is 18.2 Å². The first-order chi connectivity index (χ1) is 10.1. The highest BCUT2D eigenvalue weighted by Crippen LogP contribution is 2.34. The molecule has 0 spiro atoms. The van der Waals surface area contributed by atoms with Gasteiger partial charge in [-0.1, -0.05) is 6.07 Å². The van der Waals surface area contributed by atoms with Crippen LogP contribution in [0, 0.1) is 5.82 Å². The number of nitrogens with one attached hydrogen (secondary N) is 2. The van der Waals surface area contributed by atoms with Crippen molar-refractivity contribution in [2.45, 2.75) is 18.6 Å². The summed E-state index contributed by atoms with van der Waals surface area (Å²) in [5.74, 6) is -1.32. The number of rotatable bonds is 5. The average molecular weight is 330 g/mol. The zero-order valence-corrected chi connectivity index (χ0v) is 11.2. The SMILES string of the molecule is COc1ccc(C(NC(=O)NCC(F)F)C(F)(F)F)cc1F. The van der Waals surface area contributed by atoms with Gasteiger partial charge in [0.1, 0.15) is 0 Å². The molecule has 1 atom stereocenters. The molecular weight excluding hydrogens is 318 g/mol. The fourth-order valence-electron chi connectivity index (χ4n) is 1.57. The van der Waals surface area contributed by atoms with Gasteiger partial charge in [0.05, 0.1) is 13.7 Å². The number of halogens is 6. The highest BCUT2D eigenvalue weighted by molar-refractivity contribution is 5.74. The topological polar surface area (TPSA) is 50.4 Å². The number of ether oxygens (including phenoxy) is 1. The van der Waals surface area contributed by atoms with Crippen LogP contribution in [0.3, 0.4) is 0 Å². The molecule has 0 bridgehead atoms. The Morgan fingerprint density at radius 1 is 1.32 bits per heavy atom. The first-order valence-corrected chi connectivity index (χ1v) is 5.87. The molecule has 124 valence electrons. The second-order valence-electron chi connectivity index (χ2n) is 4.11. The largest absolute Gasteiger partial charge is 0.494 e. The van der Waals surface area contributed by atoms with E-state index in [4.69, 9.17) is 0 Å². The van der Waals surface area contributed by atoms with E-state index in [2.05, 4.69) is 4.74 Å². The standard InChI is InChI=1S/C12H12F6N2O2/c1-22-8-3-2-6(4-7(8)13)10(12(16,17)18)20-11(21)19-5-9(14)15/h2-4,9-10H,5H2,1H3,(H2,19,20,21). The van der Waals surface area contributed by atoms with Gasteiger partial charge in [0.2, 0.25) is 0 Å². The predicted octanol–water partition coefficient (Wildman–Crippen LogP) is 3.00. The van der Waals surface area contributed by atoms with Crippen LogP contribution >= 0.6 is 0 Å². The highest BCUT2D eigenvalue weighted by Gasteiger charge is 2.42. The van der Waals surface area contributed by atoms with Crippen molar-refractivity contribution in [3.63, 3.8) is 0 Å². The van der Waals surface area contributed by atoms with E-state index in [1.54, 1.807) is 5.32 Å². The maximum absolute atomic E-state index is 13.5. The summed E-state index contributed by atoms with van der Waals surface area (Å²) in [6, 6.07) is -1.58. The molecule has 0 heterocycles. The van der Waals surface area contributed by atoms with Crippen molar-refractivity contribution in [1.82, 2.24) is 10.6 Å². The summed E-state index contributed by atoms with van der Waals surface area (Å²) in [6.07, 6.45) is -7.85. The Balaban J connectivity index is 2.94. The van der Waals surface area contributed by atoms with Crippen LogP contribution in [0.25, 0.3) is 0 Å². The normalized spacial score (nSPS) is 12.9. The van der Waals surface area contributed by atoms with Crippen molar-refractivity contribution in [3.8, 4) is 5.75 Å². The quantitative estimate of drug-likeness (QED) is 0.816. The van der Waals surface area contributed by atoms with Gasteiger partial charge in [-0.25, -0.2) is 18.0 Å². The molecule has 1 unspecified atom stereocenters. The minimum Gasteiger partial charge on any atom is -0.494 e. The second-order valence-corrected chi connectivity index (χ2v) is 4.11. The number of benzene rings is 1. The second kappa shape index (κ2) is 7.23. The van der Waals surface area contributed by atoms with E-state index in [1.165, 1.54) is 5.32 Å². The van der Waals surface area contributed by atoms with Gasteiger partial charge in [-0.05, 0) is 17.7 Å². The van der Waals surface area contributed by atoms with Gasteiger partial charge >= 0.3 is 12.2 Å². The van der Waals surface area contributed by atoms with Crippen LogP contribution < -0.4 is 15.4 Å². The zero-order valence-electron chi connectivity index (χ0n) is 11.2. The van der Waals surface area contributed by atoms with E-state index in [9.17, 15) is 31.1 Å². The van der Waals surface area contributed by atoms with Gasteiger partial charge in [-0.2, -0.15) is 13.2 Å². The zero-order chi connectivity index (χ0) is 16.9. The molecule has 2 amide bonds. The molecule has 4 nitrogen and oxygen atoms in total. The van der Waals surface area contributed by atoms with Gasteiger partial charge in [0, 0.05) is 0 Å². The lowest BCUT2D eigenvalue weighted by atomic mass is 10.1. The van der Waals surface area contributed by atoms with Gasteiger partial charge in [0.15, 0.2) is 17.6 Å². The molecule has 2 N–H and O–H groups in total. The molecule has 1 rings (SSSR count). The number of hydrogen-bond donors (Lipinski definition) is 2. The van der Waals surface area contributed by atoms with Crippen LogP contribution in [0.4, 0.5) is 31.1 Å². The fraction of sp³-hybridized carbons (Fsp3) is 0.417. The predicted molar refractivity (Wildman–Crippen MR) is 64.3 cm³/mol. The Kier molecular flexibility index (Phi) is 5.89. The molecule has 10 heteroatoms. The fourth-order valence-corrected chi connectivity index (χ4v) is 1.57. The van der Waals surface area contributed by atoms with Crippen molar-refractivity contribution < 1.29 is 35.9 Å². The van der Waals surface area contributed by atoms with E-state index in [0.717, 1.165) is 19.2 Å². The van der Waals surface area contributed by atoms with Crippen LogP contribution in [0.1, 0.15) is 11.6 Å². The van der Waals surface area contributed by atoms with Gasteiger partial charge in [0.25, 0.3) is 6.43 Å². The van der Waals surface area contributed by atoms with Crippen molar-refractivity contribution in [2.24, 2.45) is 0 Å². The van der Waals surface area contributed by atoms with Crippen molar-refractivity contribution in [2.75, 3.05) is 13.7 Å². The Hall–Kier alpha value is -2.13. The number of urea groups is 1. The minimum atomic E-state index is -4.94. The monoisotopic (exact) mass is 330 g/mol. The molecule has 1 aromatic carbocycles. The van der Waals surface area contributed by atoms with Crippen LogP contribution in [0.5, 0.6) is 5.75 Å². The molecule has 0 saturated carbocycles. The molecule has 0 saturated heterocycles. The Morgan fingerprint density at radius 2 is 1.95 bits per heavy atom. The Labute approximate surface area is 121 Å². The maximum atomic E-state index is 13.5. The average Bonchev–Trinajstić information content (AvgIpc) is 2.41. The van der Waals surface area contributed by atoms with Crippen molar-refractivity contribution in [1.29, 1.82) is 0 Å². The van der Waals surface area contributed by atoms with E-state index in [1.807, 2.05) is 0 Å². The van der Waals surface area contributed by atoms with Gasteiger partial charge < -0.3 is 15.4 Å². The molecule has 0 radical (unpaired) electrons. The summed E-state index contributed by atoms with van der Waals surface area (Å²) in [5, 5.41) is 3.05. The summed E-state index contributed by atoms with van der Waals surface area (Å²) >= 11 is 0. The van der Waals surface area contributed by atoms with Crippen molar-refractivity contribution in [3.05, 3.63) is 29.6 Å². The van der Waals surface area contributed by atoms with Crippen LogP contribution in [-0.2, 0) is 0 Å². The van der Waals surface area contributed by atoms with E-state index in [0.29, 0.717) is 6.07 Å². The van der Waals surface area contributed by atoms with Crippen LogP contribution in [0.2, 0.25) is 0 Å². The highest BCUT2D eigenvalue weighted by atomic mass is 19.4. The first-order valence-electron chi connectivity index (χ1n) is 5.87. The van der Waals surface area contributed by atoms with E-state index < -0.39 is 42.6 Å². The molecule has 1 aromatic rings. The number of methoxy groups -OCH3 is 1. The maximum Gasteiger partial charge on any atom is 0.412 e. The number of carbonyl (C=O) groups is 1. The smallest absolute Gasteiger partial charge is 0.412 e. The van der Waals surface area contributed by atoms with Crippen LogP contribution in [-0.4, -0.2) is 32.3 Å². The molecule has 22 heavy (non-hydrogen) atoms. The number of amides is 2. The molecular formula is C12H12F6N2O2. The van der Waals surface area contributed by atoms with E-state index >= 15 is 0 Å². The third kappa shape index (κ3) is 5.01. The summed E-state index contributed by atoms with van der Waals surface area (Å²) in [5.41, 5.74) is -0.599. The minimum absolute atomic E-state index is 0.271. The molecule has 0 aromatic heterocycles. The molecule has 0 aliphatic heterocycles. The third-order valence-corrected chi connectivity index (χ3v) is 2.53. The Morgan fingerprint density at radius 3 is 2.41 bits per heavy atom. The number of hydrogen-bond acceptors (Lipinski definition) is 2. The lowest BCUT2D eigenvalue weighted by Gasteiger charge is -2.22. The first kappa shape index (κ1) is 17.9. The lowest BCUT2D eigenvalue weighted by Crippen LogP contribution is -2.44. The summed E-state index contributed by atoms with van der Waals surface area (Å²) in [6.45, 7) is -1.10. The van der Waals surface area contributed by atoms with Gasteiger partial charge in [-0.15, -0.1) is 0 Å². The third-order valence-electron chi connectivity index (χ3n) is 2.53. The lowest BCUT2D eigenvalue weighted by molar-refractivity contribution is -0.155. The van der Waals surface area contributed by atoms with E-state index in [-0.39, 0.29) is 5.75 Å². The summed E-state index contributed by atoms with van der Waals surface area (Å²) in [4.78, 5) is 11.2. The molecule has 0 aliphatic carbocycles. The number of alkyl halides is 5.